The van der Waals surface area contributed by atoms with Gasteiger partial charge in [-0.15, -0.1) is 11.3 Å². The highest BCUT2D eigenvalue weighted by atomic mass is 32.1. The molecule has 0 saturated heterocycles. The minimum absolute atomic E-state index is 0.654. The maximum absolute atomic E-state index is 5.31. The van der Waals surface area contributed by atoms with Crippen LogP contribution in [0.15, 0.2) is 194 Å². The molecule has 0 amide bonds. The van der Waals surface area contributed by atoms with E-state index in [9.17, 15) is 0 Å². The Balaban J connectivity index is 1.16. The number of para-hydroxylation sites is 2. The number of nitrogens with zero attached hydrogens (tertiary/aromatic N) is 4. The van der Waals surface area contributed by atoms with Gasteiger partial charge in [0.15, 0.2) is 0 Å². The van der Waals surface area contributed by atoms with Crippen LogP contribution >= 0.6 is 11.3 Å². The quantitative estimate of drug-likeness (QED) is 0.176. The highest BCUT2D eigenvalue weighted by Gasteiger charge is 2.23. The molecule has 0 N–H and O–H groups in total. The molecule has 4 aromatic heterocycles. The summed E-state index contributed by atoms with van der Waals surface area (Å²) in [6.45, 7) is 0. The van der Waals surface area contributed by atoms with Gasteiger partial charge in [0.05, 0.1) is 33.5 Å². The molecule has 4 nitrogen and oxygen atoms in total. The zero-order valence-electron chi connectivity index (χ0n) is 30.7. The van der Waals surface area contributed by atoms with E-state index >= 15 is 0 Å². The minimum Gasteiger partial charge on any atom is -0.309 e. The number of rotatable bonds is 5. The summed E-state index contributed by atoms with van der Waals surface area (Å²) in [7, 11) is 0. The lowest BCUT2D eigenvalue weighted by molar-refractivity contribution is 0.996. The van der Waals surface area contributed by atoms with E-state index in [1.165, 1.54) is 63.9 Å². The van der Waals surface area contributed by atoms with E-state index in [1.807, 2.05) is 23.5 Å². The Morgan fingerprint density at radius 1 is 0.333 bits per heavy atom. The van der Waals surface area contributed by atoms with Crippen LogP contribution in [0.4, 0.5) is 0 Å². The van der Waals surface area contributed by atoms with Crippen LogP contribution in [0, 0.1) is 0 Å². The fourth-order valence-electron chi connectivity index (χ4n) is 8.84. The Morgan fingerprint density at radius 2 is 0.772 bits per heavy atom. The van der Waals surface area contributed by atoms with Gasteiger partial charge in [-0.05, 0) is 65.7 Å². The third-order valence-corrected chi connectivity index (χ3v) is 12.5. The molecule has 5 heteroatoms. The van der Waals surface area contributed by atoms with Crippen molar-refractivity contribution in [2.45, 2.75) is 0 Å². The first-order chi connectivity index (χ1) is 28.3. The van der Waals surface area contributed by atoms with Crippen LogP contribution in [-0.4, -0.2) is 19.1 Å². The Bertz CT molecular complexity index is 3430. The molecular weight excluding hydrogens is 713 g/mol. The van der Waals surface area contributed by atoms with E-state index < -0.39 is 0 Å². The Kier molecular flexibility index (Phi) is 7.06. The molecule has 0 aliphatic rings. The molecule has 266 valence electrons. The lowest BCUT2D eigenvalue weighted by atomic mass is 10.0. The van der Waals surface area contributed by atoms with E-state index in [4.69, 9.17) is 9.97 Å². The van der Waals surface area contributed by atoms with Crippen molar-refractivity contribution in [3.8, 4) is 45.3 Å². The summed E-state index contributed by atoms with van der Waals surface area (Å²) < 4.78 is 7.24. The molecule has 0 unspecified atom stereocenters. The zero-order valence-corrected chi connectivity index (χ0v) is 31.5. The van der Waals surface area contributed by atoms with Crippen molar-refractivity contribution in [3.63, 3.8) is 0 Å². The summed E-state index contributed by atoms with van der Waals surface area (Å²) in [5.41, 5.74) is 12.0. The van der Waals surface area contributed by atoms with Crippen molar-refractivity contribution in [1.82, 2.24) is 19.1 Å². The monoisotopic (exact) mass is 744 g/mol. The second-order valence-corrected chi connectivity index (χ2v) is 15.6. The van der Waals surface area contributed by atoms with Gasteiger partial charge in [0.2, 0.25) is 5.95 Å². The topological polar surface area (TPSA) is 35.6 Å². The van der Waals surface area contributed by atoms with Gasteiger partial charge in [0.1, 0.15) is 0 Å². The van der Waals surface area contributed by atoms with Crippen molar-refractivity contribution in [2.75, 3.05) is 0 Å². The van der Waals surface area contributed by atoms with Crippen molar-refractivity contribution in [3.05, 3.63) is 194 Å². The van der Waals surface area contributed by atoms with E-state index in [1.54, 1.807) is 0 Å². The zero-order chi connectivity index (χ0) is 37.5. The smallest absolute Gasteiger partial charge is 0.235 e. The number of hydrogen-bond donors (Lipinski definition) is 0. The SMILES string of the molecule is c1ccc(-c2ccc(-n3c4ccccc4c4c5c(ccc43)sc3ccc4c(c6ccccc6n4-c4nc(-c6ccccc6)cc(-c6ccccc6)n4)c35)cc2)cc1. The summed E-state index contributed by atoms with van der Waals surface area (Å²) in [6.07, 6.45) is 0. The minimum atomic E-state index is 0.654. The fraction of sp³-hybridized carbons (Fsp3) is 0. The van der Waals surface area contributed by atoms with Crippen LogP contribution in [0.3, 0.4) is 0 Å². The number of aromatic nitrogens is 4. The third kappa shape index (κ3) is 4.93. The maximum Gasteiger partial charge on any atom is 0.235 e. The van der Waals surface area contributed by atoms with E-state index in [0.29, 0.717) is 5.95 Å². The average Bonchev–Trinajstić information content (AvgIpc) is 3.95. The van der Waals surface area contributed by atoms with Gasteiger partial charge in [-0.2, -0.15) is 0 Å². The Morgan fingerprint density at radius 3 is 1.32 bits per heavy atom. The number of benzene rings is 8. The predicted molar refractivity (Wildman–Crippen MR) is 240 cm³/mol. The van der Waals surface area contributed by atoms with Crippen LogP contribution in [0.1, 0.15) is 0 Å². The molecule has 0 radical (unpaired) electrons. The van der Waals surface area contributed by atoms with Crippen LogP contribution in [0.2, 0.25) is 0 Å². The molecule has 0 fully saturated rings. The van der Waals surface area contributed by atoms with Gasteiger partial charge in [-0.3, -0.25) is 4.57 Å². The summed E-state index contributed by atoms with van der Waals surface area (Å²) in [5, 5.41) is 7.50. The normalized spacial score (nSPS) is 11.9. The van der Waals surface area contributed by atoms with Gasteiger partial charge >= 0.3 is 0 Å². The Hall–Kier alpha value is -7.34. The lowest BCUT2D eigenvalue weighted by Crippen LogP contribution is -2.03. The highest BCUT2D eigenvalue weighted by molar-refractivity contribution is 7.26. The van der Waals surface area contributed by atoms with Gasteiger partial charge in [-0.25, -0.2) is 9.97 Å². The Labute approximate surface area is 332 Å². The summed E-state index contributed by atoms with van der Waals surface area (Å²) >= 11 is 1.87. The van der Waals surface area contributed by atoms with Crippen LogP contribution in [0.5, 0.6) is 0 Å². The van der Waals surface area contributed by atoms with Crippen molar-refractivity contribution < 1.29 is 0 Å². The first-order valence-electron chi connectivity index (χ1n) is 19.3. The molecule has 57 heavy (non-hydrogen) atoms. The van der Waals surface area contributed by atoms with Gasteiger partial charge in [0, 0.05) is 58.5 Å². The van der Waals surface area contributed by atoms with Crippen LogP contribution in [-0.2, 0) is 0 Å². The van der Waals surface area contributed by atoms with Crippen molar-refractivity contribution in [2.24, 2.45) is 0 Å². The molecule has 0 spiro atoms. The largest absolute Gasteiger partial charge is 0.309 e. The predicted octanol–water partition coefficient (Wildman–Crippen LogP) is 14.0. The first-order valence-corrected chi connectivity index (χ1v) is 20.1. The van der Waals surface area contributed by atoms with E-state index in [-0.39, 0.29) is 0 Å². The molecule has 8 aromatic carbocycles. The van der Waals surface area contributed by atoms with Gasteiger partial charge < -0.3 is 4.57 Å². The molecule has 0 aliphatic carbocycles. The van der Waals surface area contributed by atoms with Gasteiger partial charge in [0.25, 0.3) is 0 Å². The number of hydrogen-bond acceptors (Lipinski definition) is 3. The second-order valence-electron chi connectivity index (χ2n) is 14.6. The van der Waals surface area contributed by atoms with Crippen LogP contribution < -0.4 is 0 Å². The summed E-state index contributed by atoms with van der Waals surface area (Å²) in [6, 6.07) is 69.3. The molecule has 0 bridgehead atoms. The molecule has 0 atom stereocenters. The maximum atomic E-state index is 5.31. The molecular formula is C52H32N4S. The summed E-state index contributed by atoms with van der Waals surface area (Å²) in [4.78, 5) is 10.6. The van der Waals surface area contributed by atoms with Gasteiger partial charge in [-0.1, -0.05) is 140 Å². The average molecular weight is 745 g/mol. The fourth-order valence-corrected chi connectivity index (χ4v) is 9.96. The lowest BCUT2D eigenvalue weighted by Gasteiger charge is -2.11. The van der Waals surface area contributed by atoms with E-state index in [2.05, 4.69) is 191 Å². The van der Waals surface area contributed by atoms with Crippen molar-refractivity contribution >= 4 is 75.1 Å². The number of fused-ring (bicyclic) bond motifs is 11. The molecule has 12 rings (SSSR count). The summed E-state index contributed by atoms with van der Waals surface area (Å²) in [5.74, 6) is 0.654. The standard InChI is InChI=1S/C52H32N4S/c1-4-14-33(15-5-1)34-24-26-37(27-25-34)55-42-22-12-10-20-38(42)48-44(55)28-30-46-50(48)51-47(57-46)31-29-45-49(51)39-21-11-13-23-43(39)56(45)52-53-40(35-16-6-2-7-17-35)32-41(54-52)36-18-8-3-9-19-36/h1-32H. The molecule has 12 aromatic rings. The van der Waals surface area contributed by atoms with Crippen LogP contribution in [0.25, 0.3) is 109 Å². The van der Waals surface area contributed by atoms with Crippen molar-refractivity contribution in [1.29, 1.82) is 0 Å². The second kappa shape index (κ2) is 12.6. The first kappa shape index (κ1) is 32.0. The third-order valence-electron chi connectivity index (χ3n) is 11.4. The molecule has 0 saturated carbocycles. The highest BCUT2D eigenvalue weighted by Crippen LogP contribution is 2.48. The van der Waals surface area contributed by atoms with E-state index in [0.717, 1.165) is 39.2 Å². The molecule has 4 heterocycles. The molecule has 0 aliphatic heterocycles. The number of thiophene rings is 1.